The van der Waals surface area contributed by atoms with Gasteiger partial charge in [-0.05, 0) is 23.8 Å². The Kier molecular flexibility index (Phi) is 4.98. The Hall–Kier alpha value is -3.33. The van der Waals surface area contributed by atoms with Gasteiger partial charge in [0.2, 0.25) is 0 Å². The molecular weight excluding hydrogens is 363 g/mol. The predicted octanol–water partition coefficient (Wildman–Crippen LogP) is 2.70. The largest absolute Gasteiger partial charge is 0.365 e. The molecule has 0 saturated carbocycles. The van der Waals surface area contributed by atoms with Gasteiger partial charge in [-0.15, -0.1) is 0 Å². The molecule has 1 fully saturated rings. The topological polar surface area (TPSA) is 96.2 Å². The summed E-state index contributed by atoms with van der Waals surface area (Å²) in [5.74, 6) is 0.160. The zero-order valence-electron chi connectivity index (χ0n) is 15.1. The minimum absolute atomic E-state index is 0.0259. The first-order chi connectivity index (χ1) is 13.6. The van der Waals surface area contributed by atoms with Crippen molar-refractivity contribution in [2.24, 2.45) is 0 Å². The van der Waals surface area contributed by atoms with E-state index in [2.05, 4.69) is 20.6 Å². The zero-order valence-corrected chi connectivity index (χ0v) is 15.1. The third-order valence-electron chi connectivity index (χ3n) is 4.74. The number of nitro benzene ring substituents is 1. The van der Waals surface area contributed by atoms with E-state index in [1.807, 2.05) is 4.90 Å². The molecule has 0 unspecified atom stereocenters. The summed E-state index contributed by atoms with van der Waals surface area (Å²) in [4.78, 5) is 21.8. The lowest BCUT2D eigenvalue weighted by Crippen LogP contribution is -2.43. The van der Waals surface area contributed by atoms with Gasteiger partial charge >= 0.3 is 0 Å². The van der Waals surface area contributed by atoms with Crippen LogP contribution in [0.4, 0.5) is 21.6 Å². The summed E-state index contributed by atoms with van der Waals surface area (Å²) in [5, 5.41) is 18.6. The average molecular weight is 382 g/mol. The zero-order chi connectivity index (χ0) is 19.5. The van der Waals surface area contributed by atoms with Crippen LogP contribution in [0.1, 0.15) is 5.56 Å². The molecule has 0 amide bonds. The molecule has 3 aromatic rings. The highest BCUT2D eigenvalue weighted by Gasteiger charge is 2.23. The van der Waals surface area contributed by atoms with Crippen LogP contribution in [-0.4, -0.2) is 41.1 Å². The van der Waals surface area contributed by atoms with Crippen molar-refractivity contribution in [2.45, 2.75) is 6.54 Å². The minimum Gasteiger partial charge on any atom is -0.365 e. The Morgan fingerprint density at radius 1 is 1.21 bits per heavy atom. The van der Waals surface area contributed by atoms with Gasteiger partial charge in [-0.3, -0.25) is 10.1 Å². The van der Waals surface area contributed by atoms with Gasteiger partial charge in [-0.25, -0.2) is 14.4 Å². The first-order valence-electron chi connectivity index (χ1n) is 8.99. The molecule has 2 heterocycles. The first kappa shape index (κ1) is 18.1. The third-order valence-corrected chi connectivity index (χ3v) is 4.74. The highest BCUT2D eigenvalue weighted by atomic mass is 19.1. The Morgan fingerprint density at radius 3 is 2.79 bits per heavy atom. The van der Waals surface area contributed by atoms with Crippen LogP contribution in [0.5, 0.6) is 0 Å². The van der Waals surface area contributed by atoms with Crippen molar-refractivity contribution < 1.29 is 9.31 Å². The van der Waals surface area contributed by atoms with Gasteiger partial charge in [0.25, 0.3) is 5.69 Å². The number of anilines is 2. The van der Waals surface area contributed by atoms with Crippen molar-refractivity contribution in [3.05, 3.63) is 64.2 Å². The van der Waals surface area contributed by atoms with Gasteiger partial charge in [0.1, 0.15) is 23.6 Å². The lowest BCUT2D eigenvalue weighted by molar-refractivity contribution is -0.384. The van der Waals surface area contributed by atoms with Crippen LogP contribution in [-0.2, 0) is 6.54 Å². The molecule has 0 atom stereocenters. The van der Waals surface area contributed by atoms with Crippen molar-refractivity contribution in [1.29, 1.82) is 0 Å². The fourth-order valence-corrected chi connectivity index (χ4v) is 3.36. The number of halogens is 1. The van der Waals surface area contributed by atoms with Crippen LogP contribution in [0, 0.1) is 15.9 Å². The number of benzene rings is 2. The summed E-state index contributed by atoms with van der Waals surface area (Å²) in [5.41, 5.74) is 1.96. The monoisotopic (exact) mass is 382 g/mol. The number of hydrogen-bond acceptors (Lipinski definition) is 7. The lowest BCUT2D eigenvalue weighted by Gasteiger charge is -2.29. The maximum Gasteiger partial charge on any atom is 0.293 e. The summed E-state index contributed by atoms with van der Waals surface area (Å²) in [6, 6.07) is 9.50. The molecule has 1 aromatic heterocycles. The third kappa shape index (κ3) is 3.70. The molecule has 2 N–H and O–H groups in total. The van der Waals surface area contributed by atoms with E-state index in [1.54, 1.807) is 18.2 Å². The van der Waals surface area contributed by atoms with E-state index < -0.39 is 0 Å². The molecule has 0 radical (unpaired) electrons. The van der Waals surface area contributed by atoms with Crippen LogP contribution < -0.4 is 15.5 Å². The summed E-state index contributed by atoms with van der Waals surface area (Å²) in [6.07, 6.45) is 1.42. The molecule has 9 heteroatoms. The molecule has 1 aliphatic heterocycles. The maximum atomic E-state index is 13.4. The van der Waals surface area contributed by atoms with E-state index >= 15 is 0 Å². The van der Waals surface area contributed by atoms with Crippen LogP contribution in [0.2, 0.25) is 0 Å². The van der Waals surface area contributed by atoms with Crippen LogP contribution in [0.15, 0.2) is 42.7 Å². The maximum absolute atomic E-state index is 13.4. The van der Waals surface area contributed by atoms with E-state index in [4.69, 9.17) is 0 Å². The highest BCUT2D eigenvalue weighted by Crippen LogP contribution is 2.34. The molecule has 1 aliphatic rings. The van der Waals surface area contributed by atoms with E-state index in [-0.39, 0.29) is 16.4 Å². The minimum atomic E-state index is -0.375. The number of nitro groups is 1. The van der Waals surface area contributed by atoms with Gasteiger partial charge in [0.05, 0.1) is 10.4 Å². The number of nitrogens with zero attached hydrogens (tertiary/aromatic N) is 4. The second kappa shape index (κ2) is 7.73. The van der Waals surface area contributed by atoms with Gasteiger partial charge in [-0.1, -0.05) is 12.1 Å². The van der Waals surface area contributed by atoms with Crippen molar-refractivity contribution in [2.75, 3.05) is 36.4 Å². The molecule has 1 saturated heterocycles. The summed E-state index contributed by atoms with van der Waals surface area (Å²) >= 11 is 0. The Bertz CT molecular complexity index is 1020. The Balaban J connectivity index is 1.70. The fourth-order valence-electron chi connectivity index (χ4n) is 3.36. The molecular formula is C19H19FN6O2. The van der Waals surface area contributed by atoms with Crippen LogP contribution in [0.25, 0.3) is 10.9 Å². The van der Waals surface area contributed by atoms with Crippen LogP contribution in [0.3, 0.4) is 0 Å². The molecule has 0 spiro atoms. The van der Waals surface area contributed by atoms with Gasteiger partial charge < -0.3 is 15.5 Å². The number of piperazine rings is 1. The highest BCUT2D eigenvalue weighted by molar-refractivity contribution is 5.94. The van der Waals surface area contributed by atoms with E-state index in [1.165, 1.54) is 24.5 Å². The summed E-state index contributed by atoms with van der Waals surface area (Å²) in [7, 11) is 0. The van der Waals surface area contributed by atoms with E-state index in [9.17, 15) is 14.5 Å². The number of aromatic nitrogens is 2. The Labute approximate surface area is 160 Å². The first-order valence-corrected chi connectivity index (χ1v) is 8.99. The molecule has 8 nitrogen and oxygen atoms in total. The second-order valence-corrected chi connectivity index (χ2v) is 6.56. The van der Waals surface area contributed by atoms with E-state index in [0.717, 1.165) is 18.7 Å². The standard InChI is InChI=1S/C19H19FN6O2/c20-14-3-1-2-13(8-14)11-22-19-15-9-18(26(27)28)17(10-16(15)23-12-24-19)25-6-4-21-5-7-25/h1-3,8-10,12,21H,4-7,11H2,(H,22,23,24). The normalized spacial score (nSPS) is 14.2. The average Bonchev–Trinajstić information content (AvgIpc) is 2.72. The van der Waals surface area contributed by atoms with Gasteiger partial charge in [0.15, 0.2) is 0 Å². The molecule has 144 valence electrons. The van der Waals surface area contributed by atoms with Gasteiger partial charge in [-0.2, -0.15) is 0 Å². The van der Waals surface area contributed by atoms with Crippen molar-refractivity contribution in [3.63, 3.8) is 0 Å². The van der Waals surface area contributed by atoms with Crippen molar-refractivity contribution in [3.8, 4) is 0 Å². The smallest absolute Gasteiger partial charge is 0.293 e. The second-order valence-electron chi connectivity index (χ2n) is 6.56. The lowest BCUT2D eigenvalue weighted by atomic mass is 10.1. The molecule has 4 rings (SSSR count). The van der Waals surface area contributed by atoms with Gasteiger partial charge in [0, 0.05) is 44.2 Å². The quantitative estimate of drug-likeness (QED) is 0.517. The molecule has 28 heavy (non-hydrogen) atoms. The van der Waals surface area contributed by atoms with E-state index in [0.29, 0.717) is 42.0 Å². The number of hydrogen-bond donors (Lipinski definition) is 2. The molecule has 0 aliphatic carbocycles. The van der Waals surface area contributed by atoms with Crippen molar-refractivity contribution >= 4 is 28.1 Å². The Morgan fingerprint density at radius 2 is 2.04 bits per heavy atom. The summed E-state index contributed by atoms with van der Waals surface area (Å²) in [6.45, 7) is 3.29. The number of fused-ring (bicyclic) bond motifs is 1. The summed E-state index contributed by atoms with van der Waals surface area (Å²) < 4.78 is 13.4. The fraction of sp³-hybridized carbons (Fsp3) is 0.263. The predicted molar refractivity (Wildman–Crippen MR) is 105 cm³/mol. The number of rotatable bonds is 5. The number of nitrogens with one attached hydrogen (secondary N) is 2. The van der Waals surface area contributed by atoms with Crippen LogP contribution >= 0.6 is 0 Å². The van der Waals surface area contributed by atoms with Crippen molar-refractivity contribution in [1.82, 2.24) is 15.3 Å². The SMILES string of the molecule is O=[N+]([O-])c1cc2c(NCc3cccc(F)c3)ncnc2cc1N1CCNCC1. The molecule has 2 aromatic carbocycles. The molecule has 0 bridgehead atoms.